The highest BCUT2D eigenvalue weighted by molar-refractivity contribution is 9.10. The number of benzene rings is 2. The number of hydrogen-bond acceptors (Lipinski definition) is 2. The van der Waals surface area contributed by atoms with Gasteiger partial charge in [0.2, 0.25) is 11.8 Å². The minimum atomic E-state index is -0.423. The van der Waals surface area contributed by atoms with Gasteiger partial charge < -0.3 is 10.2 Å². The molecular weight excluding hydrogens is 375 g/mol. The molecule has 2 aromatic carbocycles. The third kappa shape index (κ3) is 3.82. The van der Waals surface area contributed by atoms with Gasteiger partial charge >= 0.3 is 0 Å². The second-order valence-electron chi connectivity index (χ2n) is 5.76. The first-order valence-electron chi connectivity index (χ1n) is 7.60. The molecule has 124 valence electrons. The van der Waals surface area contributed by atoms with Crippen LogP contribution >= 0.6 is 15.9 Å². The zero-order valence-electron chi connectivity index (χ0n) is 12.8. The normalized spacial score (nSPS) is 17.2. The van der Waals surface area contributed by atoms with Gasteiger partial charge in [0.05, 0.1) is 5.92 Å². The van der Waals surface area contributed by atoms with Crippen LogP contribution in [0.25, 0.3) is 0 Å². The smallest absolute Gasteiger partial charge is 0.229 e. The van der Waals surface area contributed by atoms with Crippen molar-refractivity contribution in [3.05, 3.63) is 64.4 Å². The summed E-state index contributed by atoms with van der Waals surface area (Å²) < 4.78 is 14.6. The lowest BCUT2D eigenvalue weighted by Crippen LogP contribution is -2.28. The zero-order valence-corrected chi connectivity index (χ0v) is 14.4. The molecule has 1 atom stereocenters. The lowest BCUT2D eigenvalue weighted by molar-refractivity contribution is -0.128. The Kier molecular flexibility index (Phi) is 4.94. The summed E-state index contributed by atoms with van der Waals surface area (Å²) in [6, 6.07) is 13.6. The van der Waals surface area contributed by atoms with Crippen LogP contribution in [0.3, 0.4) is 0 Å². The molecule has 1 aliphatic rings. The first-order valence-corrected chi connectivity index (χ1v) is 8.40. The molecule has 1 N–H and O–H groups in total. The van der Waals surface area contributed by atoms with E-state index in [1.54, 1.807) is 30.3 Å². The fourth-order valence-electron chi connectivity index (χ4n) is 2.71. The fraction of sp³-hybridized carbons (Fsp3) is 0.222. The summed E-state index contributed by atoms with van der Waals surface area (Å²) in [5, 5.41) is 2.81. The Morgan fingerprint density at radius 3 is 2.62 bits per heavy atom. The molecule has 24 heavy (non-hydrogen) atoms. The molecule has 1 fully saturated rings. The number of carbonyl (C=O) groups is 2. The molecule has 1 heterocycles. The van der Waals surface area contributed by atoms with Crippen LogP contribution in [0.15, 0.2) is 53.0 Å². The van der Waals surface area contributed by atoms with Crippen LogP contribution in [0, 0.1) is 11.7 Å². The summed E-state index contributed by atoms with van der Waals surface area (Å²) in [7, 11) is 0. The van der Waals surface area contributed by atoms with Crippen LogP contribution in [0.4, 0.5) is 10.1 Å². The van der Waals surface area contributed by atoms with Gasteiger partial charge in [-0.05, 0) is 30.3 Å². The molecule has 1 unspecified atom stereocenters. The van der Waals surface area contributed by atoms with Crippen LogP contribution in [-0.2, 0) is 16.1 Å². The first kappa shape index (κ1) is 16.6. The van der Waals surface area contributed by atoms with Crippen molar-refractivity contribution < 1.29 is 14.0 Å². The Labute approximate surface area is 147 Å². The predicted octanol–water partition coefficient (Wildman–Crippen LogP) is 3.58. The maximum Gasteiger partial charge on any atom is 0.229 e. The molecule has 0 radical (unpaired) electrons. The molecule has 0 bridgehead atoms. The average Bonchev–Trinajstić information content (AvgIpc) is 2.93. The molecule has 1 aliphatic heterocycles. The quantitative estimate of drug-likeness (QED) is 0.867. The van der Waals surface area contributed by atoms with Crippen molar-refractivity contribution in [1.29, 1.82) is 0 Å². The van der Waals surface area contributed by atoms with Gasteiger partial charge in [-0.15, -0.1) is 0 Å². The van der Waals surface area contributed by atoms with Crippen molar-refractivity contribution >= 4 is 33.4 Å². The van der Waals surface area contributed by atoms with Gasteiger partial charge in [0, 0.05) is 35.2 Å². The maximum absolute atomic E-state index is 13.7. The van der Waals surface area contributed by atoms with Crippen molar-refractivity contribution in [2.24, 2.45) is 5.92 Å². The Morgan fingerprint density at radius 1 is 1.21 bits per heavy atom. The van der Waals surface area contributed by atoms with E-state index in [4.69, 9.17) is 0 Å². The fourth-order valence-corrected chi connectivity index (χ4v) is 2.97. The minimum absolute atomic E-state index is 0.130. The Bertz CT molecular complexity index is 764. The van der Waals surface area contributed by atoms with Crippen molar-refractivity contribution in [1.82, 2.24) is 4.90 Å². The second-order valence-corrected chi connectivity index (χ2v) is 6.68. The van der Waals surface area contributed by atoms with E-state index in [9.17, 15) is 14.0 Å². The Morgan fingerprint density at radius 2 is 1.92 bits per heavy atom. The predicted molar refractivity (Wildman–Crippen MR) is 92.7 cm³/mol. The topological polar surface area (TPSA) is 49.4 Å². The van der Waals surface area contributed by atoms with Gasteiger partial charge in [0.1, 0.15) is 5.82 Å². The van der Waals surface area contributed by atoms with Gasteiger partial charge in [-0.1, -0.05) is 34.1 Å². The van der Waals surface area contributed by atoms with Crippen molar-refractivity contribution in [2.75, 3.05) is 11.9 Å². The number of amides is 2. The molecule has 0 aliphatic carbocycles. The van der Waals surface area contributed by atoms with E-state index in [0.717, 1.165) is 4.47 Å². The van der Waals surface area contributed by atoms with Gasteiger partial charge in [0.15, 0.2) is 0 Å². The summed E-state index contributed by atoms with van der Waals surface area (Å²) in [6.45, 7) is 0.489. The molecule has 2 aromatic rings. The number of carbonyl (C=O) groups excluding carboxylic acids is 2. The number of hydrogen-bond donors (Lipinski definition) is 1. The molecule has 0 saturated carbocycles. The number of halogens is 2. The molecule has 4 nitrogen and oxygen atoms in total. The average molecular weight is 391 g/mol. The third-order valence-electron chi connectivity index (χ3n) is 4.02. The Hall–Kier alpha value is -2.21. The highest BCUT2D eigenvalue weighted by Gasteiger charge is 2.34. The summed E-state index contributed by atoms with van der Waals surface area (Å²) in [5.41, 5.74) is 1.14. The minimum Gasteiger partial charge on any atom is -0.337 e. The zero-order chi connectivity index (χ0) is 17.1. The van der Waals surface area contributed by atoms with Crippen molar-refractivity contribution in [3.8, 4) is 0 Å². The van der Waals surface area contributed by atoms with Crippen LogP contribution in [0.1, 0.15) is 12.0 Å². The monoisotopic (exact) mass is 390 g/mol. The molecule has 3 rings (SSSR count). The molecule has 0 spiro atoms. The summed E-state index contributed by atoms with van der Waals surface area (Å²) in [4.78, 5) is 26.0. The lowest BCUT2D eigenvalue weighted by atomic mass is 10.1. The highest BCUT2D eigenvalue weighted by Crippen LogP contribution is 2.23. The van der Waals surface area contributed by atoms with E-state index >= 15 is 0 Å². The standard InChI is InChI=1S/C18H16BrFN2O2/c19-14-5-7-15(8-6-14)21-18(24)13-9-17(23)22(11-13)10-12-3-1-2-4-16(12)20/h1-8,13H,9-11H2,(H,21,24). The van der Waals surface area contributed by atoms with Crippen LogP contribution < -0.4 is 5.32 Å². The highest BCUT2D eigenvalue weighted by atomic mass is 79.9. The molecule has 2 amide bonds. The number of nitrogens with zero attached hydrogens (tertiary/aromatic N) is 1. The van der Waals surface area contributed by atoms with Gasteiger partial charge in [-0.25, -0.2) is 4.39 Å². The van der Waals surface area contributed by atoms with Crippen molar-refractivity contribution in [2.45, 2.75) is 13.0 Å². The number of nitrogens with one attached hydrogen (secondary N) is 1. The lowest BCUT2D eigenvalue weighted by Gasteiger charge is -2.17. The van der Waals surface area contributed by atoms with E-state index in [1.165, 1.54) is 11.0 Å². The number of rotatable bonds is 4. The maximum atomic E-state index is 13.7. The van der Waals surface area contributed by atoms with Gasteiger partial charge in [-0.2, -0.15) is 0 Å². The van der Waals surface area contributed by atoms with E-state index in [0.29, 0.717) is 17.8 Å². The first-order chi connectivity index (χ1) is 11.5. The third-order valence-corrected chi connectivity index (χ3v) is 4.54. The van der Waals surface area contributed by atoms with Gasteiger partial charge in [-0.3, -0.25) is 9.59 Å². The van der Waals surface area contributed by atoms with E-state index in [1.807, 2.05) is 12.1 Å². The molecule has 6 heteroatoms. The van der Waals surface area contributed by atoms with Crippen molar-refractivity contribution in [3.63, 3.8) is 0 Å². The summed E-state index contributed by atoms with van der Waals surface area (Å²) in [5.74, 6) is -1.09. The van der Waals surface area contributed by atoms with Crippen LogP contribution in [-0.4, -0.2) is 23.3 Å². The summed E-state index contributed by atoms with van der Waals surface area (Å²) >= 11 is 3.34. The van der Waals surface area contributed by atoms with E-state index in [-0.39, 0.29) is 30.6 Å². The Balaban J connectivity index is 1.62. The molecular formula is C18H16BrFN2O2. The van der Waals surface area contributed by atoms with Crippen LogP contribution in [0.5, 0.6) is 0 Å². The number of anilines is 1. The van der Waals surface area contributed by atoms with E-state index < -0.39 is 5.92 Å². The van der Waals surface area contributed by atoms with Crippen LogP contribution in [0.2, 0.25) is 0 Å². The summed E-state index contributed by atoms with van der Waals surface area (Å²) in [6.07, 6.45) is 0.150. The molecule has 0 aromatic heterocycles. The largest absolute Gasteiger partial charge is 0.337 e. The van der Waals surface area contributed by atoms with Gasteiger partial charge in [0.25, 0.3) is 0 Å². The SMILES string of the molecule is O=C(Nc1ccc(Br)cc1)C1CC(=O)N(Cc2ccccc2F)C1. The second kappa shape index (κ2) is 7.13. The molecule has 1 saturated heterocycles. The van der Waals surface area contributed by atoms with E-state index in [2.05, 4.69) is 21.2 Å². The number of likely N-dealkylation sites (tertiary alicyclic amines) is 1.